The highest BCUT2D eigenvalue weighted by atomic mass is 32.2. The summed E-state index contributed by atoms with van der Waals surface area (Å²) in [6.07, 6.45) is 1.88. The smallest absolute Gasteiger partial charge is 0.243 e. The maximum atomic E-state index is 13.2. The minimum Gasteiger partial charge on any atom is -0.350 e. The van der Waals surface area contributed by atoms with Gasteiger partial charge in [0, 0.05) is 23.7 Å². The molecule has 1 aromatic heterocycles. The number of rotatable bonds is 6. The lowest BCUT2D eigenvalue weighted by Crippen LogP contribution is -2.42. The summed E-state index contributed by atoms with van der Waals surface area (Å²) in [7, 11) is -3.63. The lowest BCUT2D eigenvalue weighted by molar-refractivity contribution is -0.125. The van der Waals surface area contributed by atoms with Crippen molar-refractivity contribution in [2.45, 2.75) is 50.5 Å². The average Bonchev–Trinajstić information content (AvgIpc) is 3.34. The molecule has 9 heteroatoms. The molecular formula is C23H29N3O4S2. The highest BCUT2D eigenvalue weighted by Crippen LogP contribution is 2.42. The van der Waals surface area contributed by atoms with Crippen LogP contribution in [0.1, 0.15) is 44.1 Å². The number of sulfonamides is 1. The molecule has 1 saturated heterocycles. The minimum atomic E-state index is -3.63. The van der Waals surface area contributed by atoms with Gasteiger partial charge in [0.25, 0.3) is 0 Å². The number of nitrogens with one attached hydrogen (secondary N) is 1. The Hall–Kier alpha value is -2.23. The van der Waals surface area contributed by atoms with Crippen LogP contribution in [0, 0.1) is 5.92 Å². The van der Waals surface area contributed by atoms with Gasteiger partial charge in [-0.15, -0.1) is 11.3 Å². The molecule has 1 unspecified atom stereocenters. The number of amides is 2. The van der Waals surface area contributed by atoms with Crippen molar-refractivity contribution < 1.29 is 18.0 Å². The number of carbonyl (C=O) groups excluding carboxylic acids is 2. The van der Waals surface area contributed by atoms with Crippen molar-refractivity contribution in [1.29, 1.82) is 0 Å². The normalized spacial score (nSPS) is 20.9. The maximum absolute atomic E-state index is 13.2. The lowest BCUT2D eigenvalue weighted by Gasteiger charge is -2.30. The zero-order chi connectivity index (χ0) is 23.1. The zero-order valence-corrected chi connectivity index (χ0v) is 20.3. The van der Waals surface area contributed by atoms with Crippen molar-refractivity contribution in [2.75, 3.05) is 24.5 Å². The van der Waals surface area contributed by atoms with Crippen molar-refractivity contribution >= 4 is 38.9 Å². The Balaban J connectivity index is 1.57. The van der Waals surface area contributed by atoms with Crippen LogP contribution in [0.15, 0.2) is 40.6 Å². The molecule has 1 atom stereocenters. The van der Waals surface area contributed by atoms with Crippen molar-refractivity contribution in [3.63, 3.8) is 0 Å². The second-order valence-corrected chi connectivity index (χ2v) is 12.1. The second-order valence-electron chi connectivity index (χ2n) is 9.16. The van der Waals surface area contributed by atoms with E-state index in [4.69, 9.17) is 0 Å². The quantitative estimate of drug-likeness (QED) is 0.696. The Bertz CT molecular complexity index is 1130. The molecular weight excluding hydrogens is 446 g/mol. The monoisotopic (exact) mass is 475 g/mol. The topological polar surface area (TPSA) is 86.8 Å². The molecule has 1 N–H and O–H groups in total. The van der Waals surface area contributed by atoms with Crippen LogP contribution in [-0.4, -0.2) is 44.2 Å². The predicted molar refractivity (Wildman–Crippen MR) is 125 cm³/mol. The van der Waals surface area contributed by atoms with E-state index in [2.05, 4.69) is 12.2 Å². The van der Waals surface area contributed by atoms with Crippen molar-refractivity contribution in [3.8, 4) is 0 Å². The van der Waals surface area contributed by atoms with E-state index < -0.39 is 15.4 Å². The van der Waals surface area contributed by atoms with Crippen molar-refractivity contribution in [1.82, 2.24) is 9.62 Å². The summed E-state index contributed by atoms with van der Waals surface area (Å²) in [5.41, 5.74) is 0.321. The number of hydrogen-bond donors (Lipinski definition) is 1. The molecule has 2 amide bonds. The van der Waals surface area contributed by atoms with Crippen LogP contribution in [0.4, 0.5) is 5.69 Å². The van der Waals surface area contributed by atoms with Crippen LogP contribution in [-0.2, 0) is 31.6 Å². The number of fused-ring (bicyclic) bond motifs is 1. The fourth-order valence-corrected chi connectivity index (χ4v) is 6.71. The minimum absolute atomic E-state index is 0.101. The third-order valence-corrected chi connectivity index (χ3v) is 9.05. The van der Waals surface area contributed by atoms with E-state index in [-0.39, 0.29) is 23.3 Å². The molecule has 172 valence electrons. The largest absolute Gasteiger partial charge is 0.350 e. The number of piperidine rings is 1. The Morgan fingerprint density at radius 1 is 1.28 bits per heavy atom. The van der Waals surface area contributed by atoms with Crippen LogP contribution in [0.25, 0.3) is 0 Å². The molecule has 4 rings (SSSR count). The standard InChI is InChI=1S/C23H29N3O4S2/c1-16-6-4-10-25(14-16)32(29,30)18-8-9-20-19(12-18)23(2,3)22(28)26(20)15-21(27)24-13-17-7-5-11-31-17/h5,7-9,11-12,16H,4,6,10,13-15H2,1-3H3,(H,24,27). The summed E-state index contributed by atoms with van der Waals surface area (Å²) in [6, 6.07) is 8.69. The van der Waals surface area contributed by atoms with Gasteiger partial charge >= 0.3 is 0 Å². The van der Waals surface area contributed by atoms with Crippen LogP contribution in [0.2, 0.25) is 0 Å². The second kappa shape index (κ2) is 8.61. The third kappa shape index (κ3) is 4.21. The first kappa shape index (κ1) is 22.9. The Morgan fingerprint density at radius 3 is 2.75 bits per heavy atom. The predicted octanol–water partition coefficient (Wildman–Crippen LogP) is 3.11. The van der Waals surface area contributed by atoms with Crippen molar-refractivity contribution in [2.24, 2.45) is 5.92 Å². The molecule has 2 aromatic rings. The molecule has 32 heavy (non-hydrogen) atoms. The van der Waals surface area contributed by atoms with Gasteiger partial charge in [0.1, 0.15) is 6.54 Å². The van der Waals surface area contributed by atoms with Gasteiger partial charge < -0.3 is 10.2 Å². The highest BCUT2D eigenvalue weighted by Gasteiger charge is 2.45. The molecule has 3 heterocycles. The summed E-state index contributed by atoms with van der Waals surface area (Å²) in [4.78, 5) is 28.4. The molecule has 1 aromatic carbocycles. The molecule has 2 aliphatic heterocycles. The van der Waals surface area contributed by atoms with E-state index in [1.807, 2.05) is 17.5 Å². The summed E-state index contributed by atoms with van der Waals surface area (Å²) < 4.78 is 28.0. The van der Waals surface area contributed by atoms with Gasteiger partial charge in [0.15, 0.2) is 0 Å². The van der Waals surface area contributed by atoms with E-state index in [0.29, 0.717) is 36.8 Å². The van der Waals surface area contributed by atoms with E-state index in [1.54, 1.807) is 47.7 Å². The Labute approximate surface area is 193 Å². The zero-order valence-electron chi connectivity index (χ0n) is 18.6. The molecule has 2 aliphatic rings. The first-order valence-corrected chi connectivity index (χ1v) is 13.2. The van der Waals surface area contributed by atoms with Gasteiger partial charge in [-0.25, -0.2) is 8.42 Å². The van der Waals surface area contributed by atoms with Gasteiger partial charge in [0.2, 0.25) is 21.8 Å². The summed E-state index contributed by atoms with van der Waals surface area (Å²) in [5.74, 6) is -0.136. The highest BCUT2D eigenvalue weighted by molar-refractivity contribution is 7.89. The molecule has 1 fully saturated rings. The fraction of sp³-hybridized carbons (Fsp3) is 0.478. The average molecular weight is 476 g/mol. The first-order valence-electron chi connectivity index (χ1n) is 10.9. The lowest BCUT2D eigenvalue weighted by atomic mass is 9.86. The number of thiophene rings is 1. The number of hydrogen-bond acceptors (Lipinski definition) is 5. The van der Waals surface area contributed by atoms with E-state index in [0.717, 1.165) is 17.7 Å². The van der Waals surface area contributed by atoms with Gasteiger partial charge in [-0.1, -0.05) is 13.0 Å². The molecule has 0 saturated carbocycles. The third-order valence-electron chi connectivity index (χ3n) is 6.31. The van der Waals surface area contributed by atoms with Crippen LogP contribution in [0.3, 0.4) is 0 Å². The SMILES string of the molecule is CC1CCCN(S(=O)(=O)c2ccc3c(c2)C(C)(C)C(=O)N3CC(=O)NCc2cccs2)C1. The maximum Gasteiger partial charge on any atom is 0.243 e. The summed E-state index contributed by atoms with van der Waals surface area (Å²) in [6.45, 7) is 6.96. The number of nitrogens with zero attached hydrogens (tertiary/aromatic N) is 2. The molecule has 0 spiro atoms. The van der Waals surface area contributed by atoms with E-state index >= 15 is 0 Å². The molecule has 7 nitrogen and oxygen atoms in total. The molecule has 0 aliphatic carbocycles. The molecule has 0 bridgehead atoms. The van der Waals surface area contributed by atoms with Crippen LogP contribution in [0.5, 0.6) is 0 Å². The van der Waals surface area contributed by atoms with Crippen LogP contribution >= 0.6 is 11.3 Å². The van der Waals surface area contributed by atoms with E-state index in [9.17, 15) is 18.0 Å². The van der Waals surface area contributed by atoms with E-state index in [1.165, 1.54) is 4.90 Å². The van der Waals surface area contributed by atoms with Gasteiger partial charge in [-0.3, -0.25) is 9.59 Å². The summed E-state index contributed by atoms with van der Waals surface area (Å²) >= 11 is 1.56. The van der Waals surface area contributed by atoms with Gasteiger partial charge in [0.05, 0.1) is 16.9 Å². The summed E-state index contributed by atoms with van der Waals surface area (Å²) in [5, 5.41) is 4.79. The van der Waals surface area contributed by atoms with Gasteiger partial charge in [-0.2, -0.15) is 4.31 Å². The number of carbonyl (C=O) groups is 2. The van der Waals surface area contributed by atoms with Gasteiger partial charge in [-0.05, 0) is 67.8 Å². The fourth-order valence-electron chi connectivity index (χ4n) is 4.44. The first-order chi connectivity index (χ1) is 15.1. The Kier molecular flexibility index (Phi) is 6.17. The Morgan fingerprint density at radius 2 is 2.06 bits per heavy atom. The van der Waals surface area contributed by atoms with Crippen LogP contribution < -0.4 is 10.2 Å². The molecule has 0 radical (unpaired) electrons. The number of anilines is 1. The van der Waals surface area contributed by atoms with Crippen molar-refractivity contribution in [3.05, 3.63) is 46.2 Å². The number of benzene rings is 1.